The minimum atomic E-state index is -1.11. The maximum Gasteiger partial charge on any atom is 0.437 e. The van der Waals surface area contributed by atoms with E-state index in [4.69, 9.17) is 13.9 Å². The highest BCUT2D eigenvalue weighted by atomic mass is 19.1. The van der Waals surface area contributed by atoms with Crippen molar-refractivity contribution in [2.45, 2.75) is 26.5 Å². The molecule has 0 saturated heterocycles. The summed E-state index contributed by atoms with van der Waals surface area (Å²) in [5.74, 6) is -2.14. The topological polar surface area (TPSA) is 113 Å². The van der Waals surface area contributed by atoms with Crippen LogP contribution in [0.1, 0.15) is 13.8 Å². The number of amides is 1. The molecule has 0 aliphatic heterocycles. The summed E-state index contributed by atoms with van der Waals surface area (Å²) >= 11 is 0. The molecule has 1 atom stereocenters. The monoisotopic (exact) mass is 429 g/mol. The van der Waals surface area contributed by atoms with Crippen LogP contribution in [0, 0.1) is 5.82 Å². The predicted octanol–water partition coefficient (Wildman–Crippen LogP) is 2.61. The average molecular weight is 429 g/mol. The maximum atomic E-state index is 13.0. The molecule has 10 heteroatoms. The first-order valence-corrected chi connectivity index (χ1v) is 9.43. The number of hydrogen-bond donors (Lipinski definition) is 1. The fourth-order valence-corrected chi connectivity index (χ4v) is 2.57. The number of ether oxygens (including phenoxy) is 2. The average Bonchev–Trinajstić information content (AvgIpc) is 3.10. The molecule has 9 nitrogen and oxygen atoms in total. The Balaban J connectivity index is 1.56. The number of hydrogen-bond acceptors (Lipinski definition) is 7. The van der Waals surface area contributed by atoms with E-state index in [2.05, 4.69) is 10.4 Å². The van der Waals surface area contributed by atoms with Crippen molar-refractivity contribution >= 4 is 17.6 Å². The van der Waals surface area contributed by atoms with E-state index in [1.54, 1.807) is 24.3 Å². The van der Waals surface area contributed by atoms with Crippen molar-refractivity contribution in [3.05, 3.63) is 64.9 Å². The lowest BCUT2D eigenvalue weighted by Gasteiger charge is -2.13. The Morgan fingerprint density at radius 3 is 2.48 bits per heavy atom. The number of esters is 1. The Labute approximate surface area is 176 Å². The molecule has 0 fully saturated rings. The molecule has 1 aromatic heterocycles. The molecule has 1 N–H and O–H groups in total. The third-order valence-corrected chi connectivity index (χ3v) is 4.09. The van der Waals surface area contributed by atoms with Gasteiger partial charge in [-0.1, -0.05) is 0 Å². The van der Waals surface area contributed by atoms with E-state index in [-0.39, 0.29) is 5.89 Å². The molecule has 31 heavy (non-hydrogen) atoms. The first-order chi connectivity index (χ1) is 14.9. The molecule has 0 aliphatic rings. The summed E-state index contributed by atoms with van der Waals surface area (Å²) < 4.78 is 29.1. The molecule has 0 spiro atoms. The summed E-state index contributed by atoms with van der Waals surface area (Å²) in [4.78, 5) is 36.3. The van der Waals surface area contributed by atoms with Crippen molar-refractivity contribution in [1.82, 2.24) is 9.78 Å². The van der Waals surface area contributed by atoms with Crippen molar-refractivity contribution in [3.8, 4) is 17.2 Å². The highest BCUT2D eigenvalue weighted by Crippen LogP contribution is 2.17. The molecule has 0 aliphatic carbocycles. The minimum Gasteiger partial charge on any atom is -0.494 e. The third-order valence-electron chi connectivity index (χ3n) is 4.09. The molecule has 0 saturated carbocycles. The summed E-state index contributed by atoms with van der Waals surface area (Å²) in [6.45, 7) is 3.24. The molecule has 0 unspecified atom stereocenters. The number of carbonyl (C=O) groups excluding carboxylic acids is 2. The summed E-state index contributed by atoms with van der Waals surface area (Å²) in [5.41, 5.74) is 0.877. The molecule has 3 aromatic rings. The quantitative estimate of drug-likeness (QED) is 0.548. The van der Waals surface area contributed by atoms with Gasteiger partial charge in [0.15, 0.2) is 6.10 Å². The fraction of sp³-hybridized carbons (Fsp3) is 0.238. The molecular weight excluding hydrogens is 409 g/mol. The van der Waals surface area contributed by atoms with Crippen LogP contribution in [0.2, 0.25) is 0 Å². The molecule has 3 rings (SSSR count). The van der Waals surface area contributed by atoms with E-state index < -0.39 is 36.1 Å². The minimum absolute atomic E-state index is 0.0703. The number of carbonyl (C=O) groups is 2. The van der Waals surface area contributed by atoms with E-state index in [0.29, 0.717) is 23.6 Å². The highest BCUT2D eigenvalue weighted by Gasteiger charge is 2.20. The van der Waals surface area contributed by atoms with Crippen LogP contribution in [0.4, 0.5) is 10.1 Å². The fourth-order valence-electron chi connectivity index (χ4n) is 2.57. The second kappa shape index (κ2) is 9.70. The van der Waals surface area contributed by atoms with Crippen LogP contribution in [0.5, 0.6) is 5.75 Å². The van der Waals surface area contributed by atoms with Crippen LogP contribution in [-0.4, -0.2) is 34.4 Å². The van der Waals surface area contributed by atoms with Gasteiger partial charge in [0.25, 0.3) is 5.91 Å². The van der Waals surface area contributed by atoms with Crippen LogP contribution in [0.3, 0.4) is 0 Å². The van der Waals surface area contributed by atoms with Gasteiger partial charge in [0.1, 0.15) is 18.1 Å². The van der Waals surface area contributed by atoms with Crippen molar-refractivity contribution in [3.63, 3.8) is 0 Å². The van der Waals surface area contributed by atoms with E-state index in [0.717, 1.165) is 4.68 Å². The van der Waals surface area contributed by atoms with E-state index in [1.807, 2.05) is 6.92 Å². The Bertz CT molecular complexity index is 1110. The number of benzene rings is 2. The Hall–Kier alpha value is -3.95. The lowest BCUT2D eigenvalue weighted by molar-refractivity contribution is -0.154. The normalized spacial score (nSPS) is 11.6. The number of aromatic nitrogens is 2. The number of nitrogens with zero attached hydrogens (tertiary/aromatic N) is 2. The molecule has 2 aromatic carbocycles. The molecular formula is C21H20FN3O6. The number of nitrogens with one attached hydrogen (secondary N) is 1. The molecule has 0 bridgehead atoms. The van der Waals surface area contributed by atoms with Crippen LogP contribution in [0.15, 0.2) is 57.7 Å². The number of anilines is 1. The van der Waals surface area contributed by atoms with Crippen LogP contribution in [0.25, 0.3) is 11.5 Å². The SMILES string of the molecule is CCOc1ccc(NC(=O)[C@@H](C)OC(=O)Cn2nc(-c3ccc(F)cc3)oc2=O)cc1. The summed E-state index contributed by atoms with van der Waals surface area (Å²) in [6, 6.07) is 11.9. The van der Waals surface area contributed by atoms with Gasteiger partial charge in [-0.15, -0.1) is 5.10 Å². The Kier molecular flexibility index (Phi) is 6.81. The summed E-state index contributed by atoms with van der Waals surface area (Å²) in [7, 11) is 0. The van der Waals surface area contributed by atoms with Gasteiger partial charge < -0.3 is 19.2 Å². The van der Waals surface area contributed by atoms with E-state index in [1.165, 1.54) is 31.2 Å². The van der Waals surface area contributed by atoms with Crippen molar-refractivity contribution in [1.29, 1.82) is 0 Å². The van der Waals surface area contributed by atoms with Gasteiger partial charge in [0.05, 0.1) is 6.61 Å². The zero-order valence-corrected chi connectivity index (χ0v) is 16.8. The number of halogens is 1. The first kappa shape index (κ1) is 21.8. The Morgan fingerprint density at radius 2 is 1.84 bits per heavy atom. The molecule has 162 valence electrons. The van der Waals surface area contributed by atoms with Gasteiger partial charge >= 0.3 is 11.7 Å². The number of rotatable bonds is 8. The first-order valence-electron chi connectivity index (χ1n) is 9.43. The van der Waals surface area contributed by atoms with Crippen LogP contribution >= 0.6 is 0 Å². The van der Waals surface area contributed by atoms with Gasteiger partial charge in [-0.05, 0) is 62.4 Å². The van der Waals surface area contributed by atoms with Gasteiger partial charge in [-0.25, -0.2) is 9.18 Å². The van der Waals surface area contributed by atoms with E-state index >= 15 is 0 Å². The van der Waals surface area contributed by atoms with Gasteiger partial charge in [-0.2, -0.15) is 4.68 Å². The second-order valence-electron chi connectivity index (χ2n) is 6.42. The smallest absolute Gasteiger partial charge is 0.437 e. The van der Waals surface area contributed by atoms with Crippen molar-refractivity contribution < 1.29 is 27.9 Å². The van der Waals surface area contributed by atoms with Crippen LogP contribution < -0.4 is 15.8 Å². The second-order valence-corrected chi connectivity index (χ2v) is 6.42. The largest absolute Gasteiger partial charge is 0.494 e. The van der Waals surface area contributed by atoms with Gasteiger partial charge in [0.2, 0.25) is 5.89 Å². The van der Waals surface area contributed by atoms with Crippen molar-refractivity contribution in [2.75, 3.05) is 11.9 Å². The molecule has 0 radical (unpaired) electrons. The maximum absolute atomic E-state index is 13.0. The van der Waals surface area contributed by atoms with E-state index in [9.17, 15) is 18.8 Å². The highest BCUT2D eigenvalue weighted by molar-refractivity contribution is 5.95. The van der Waals surface area contributed by atoms with Gasteiger partial charge in [-0.3, -0.25) is 9.59 Å². The van der Waals surface area contributed by atoms with Crippen LogP contribution in [-0.2, 0) is 20.9 Å². The summed E-state index contributed by atoms with van der Waals surface area (Å²) in [6.07, 6.45) is -1.11. The predicted molar refractivity (Wildman–Crippen MR) is 108 cm³/mol. The van der Waals surface area contributed by atoms with Crippen molar-refractivity contribution in [2.24, 2.45) is 0 Å². The molecule has 1 heterocycles. The van der Waals surface area contributed by atoms with Gasteiger partial charge in [0, 0.05) is 11.3 Å². The summed E-state index contributed by atoms with van der Waals surface area (Å²) in [5, 5.41) is 6.51. The molecule has 1 amide bonds. The zero-order chi connectivity index (χ0) is 22.4. The lowest BCUT2D eigenvalue weighted by atomic mass is 10.2. The lowest BCUT2D eigenvalue weighted by Crippen LogP contribution is -2.32. The third kappa shape index (κ3) is 5.78. The Morgan fingerprint density at radius 1 is 1.16 bits per heavy atom. The standard InChI is InChI=1S/C21H20FN3O6/c1-3-29-17-10-8-16(9-11-17)23-19(27)13(2)30-18(26)12-25-21(28)31-20(24-25)14-4-6-15(22)7-5-14/h4-11,13H,3,12H2,1-2H3,(H,23,27)/t13-/m1/s1. The zero-order valence-electron chi connectivity index (χ0n) is 16.8.